The van der Waals surface area contributed by atoms with Gasteiger partial charge >= 0.3 is 0 Å². The lowest BCUT2D eigenvalue weighted by atomic mass is 10.0. The van der Waals surface area contributed by atoms with Crippen molar-refractivity contribution < 1.29 is 4.74 Å². The van der Waals surface area contributed by atoms with Crippen LogP contribution in [0.1, 0.15) is 18.1 Å². The van der Waals surface area contributed by atoms with E-state index in [1.807, 2.05) is 43.3 Å². The molecule has 0 amide bonds. The molecule has 0 saturated heterocycles. The van der Waals surface area contributed by atoms with E-state index in [1.54, 1.807) is 13.2 Å². The fraction of sp³-hybridized carbons (Fsp3) is 0.200. The molecule has 2 N–H and O–H groups in total. The zero-order valence-corrected chi connectivity index (χ0v) is 11.1. The molecule has 1 aromatic heterocycles. The van der Waals surface area contributed by atoms with Crippen LogP contribution in [0.5, 0.6) is 5.75 Å². The number of pyridine rings is 1. The van der Waals surface area contributed by atoms with Crippen molar-refractivity contribution in [1.29, 1.82) is 5.41 Å². The number of nitrogens with one attached hydrogen (secondary N) is 2. The van der Waals surface area contributed by atoms with Gasteiger partial charge < -0.3 is 10.1 Å². The van der Waals surface area contributed by atoms with Crippen LogP contribution < -0.4 is 10.1 Å². The second kappa shape index (κ2) is 6.00. The van der Waals surface area contributed by atoms with Gasteiger partial charge in [0.1, 0.15) is 11.6 Å². The first kappa shape index (κ1) is 13.1. The number of anilines is 1. The fourth-order valence-electron chi connectivity index (χ4n) is 1.87. The van der Waals surface area contributed by atoms with Gasteiger partial charge in [-0.1, -0.05) is 12.1 Å². The van der Waals surface area contributed by atoms with Crippen molar-refractivity contribution >= 4 is 11.5 Å². The topological polar surface area (TPSA) is 58.0 Å². The highest BCUT2D eigenvalue weighted by atomic mass is 16.5. The summed E-state index contributed by atoms with van der Waals surface area (Å²) in [5.41, 5.74) is 2.02. The number of hydrogen-bond donors (Lipinski definition) is 2. The van der Waals surface area contributed by atoms with E-state index in [0.717, 1.165) is 16.9 Å². The lowest BCUT2D eigenvalue weighted by molar-refractivity contribution is 0.340. The molecule has 98 valence electrons. The molecule has 0 aliphatic heterocycles. The van der Waals surface area contributed by atoms with E-state index in [0.29, 0.717) is 18.1 Å². The Morgan fingerprint density at radius 1 is 1.32 bits per heavy atom. The number of benzene rings is 1. The van der Waals surface area contributed by atoms with E-state index >= 15 is 0 Å². The van der Waals surface area contributed by atoms with Crippen LogP contribution in [0, 0.1) is 5.41 Å². The molecule has 19 heavy (non-hydrogen) atoms. The highest BCUT2D eigenvalue weighted by Gasteiger charge is 2.10. The second-order valence-electron chi connectivity index (χ2n) is 3.99. The minimum atomic E-state index is 0.430. The molecular formula is C15H17N3O. The molecule has 0 spiro atoms. The third-order valence-corrected chi connectivity index (χ3v) is 2.75. The fourth-order valence-corrected chi connectivity index (χ4v) is 1.87. The average Bonchev–Trinajstić information content (AvgIpc) is 2.47. The van der Waals surface area contributed by atoms with Crippen molar-refractivity contribution in [2.24, 2.45) is 0 Å². The maximum Gasteiger partial charge on any atom is 0.135 e. The minimum absolute atomic E-state index is 0.430. The van der Waals surface area contributed by atoms with Crippen LogP contribution in [0.15, 0.2) is 42.6 Å². The Balaban J connectivity index is 2.35. The van der Waals surface area contributed by atoms with Crippen molar-refractivity contribution in [2.75, 3.05) is 19.0 Å². The van der Waals surface area contributed by atoms with Gasteiger partial charge in [-0.15, -0.1) is 0 Å². The summed E-state index contributed by atoms with van der Waals surface area (Å²) in [6.07, 6.45) is 1.71. The van der Waals surface area contributed by atoms with Gasteiger partial charge in [-0.2, -0.15) is 0 Å². The maximum absolute atomic E-state index is 8.31. The van der Waals surface area contributed by atoms with Crippen molar-refractivity contribution in [1.82, 2.24) is 4.98 Å². The van der Waals surface area contributed by atoms with Gasteiger partial charge in [-0.3, -0.25) is 5.41 Å². The molecule has 0 bridgehead atoms. The monoisotopic (exact) mass is 255 g/mol. The SMILES string of the molecule is CCOc1cccc(C(=N)c2cccnc2NC)c1. The van der Waals surface area contributed by atoms with Crippen LogP contribution >= 0.6 is 0 Å². The number of hydrogen-bond acceptors (Lipinski definition) is 4. The van der Waals surface area contributed by atoms with E-state index in [4.69, 9.17) is 10.1 Å². The summed E-state index contributed by atoms with van der Waals surface area (Å²) in [4.78, 5) is 4.22. The number of aromatic nitrogens is 1. The Kier molecular flexibility index (Phi) is 4.13. The first-order valence-corrected chi connectivity index (χ1v) is 6.21. The van der Waals surface area contributed by atoms with E-state index < -0.39 is 0 Å². The van der Waals surface area contributed by atoms with E-state index in [2.05, 4.69) is 10.3 Å². The van der Waals surface area contributed by atoms with Crippen molar-refractivity contribution in [3.8, 4) is 5.75 Å². The summed E-state index contributed by atoms with van der Waals surface area (Å²) in [6.45, 7) is 2.56. The van der Waals surface area contributed by atoms with E-state index in [1.165, 1.54) is 0 Å². The van der Waals surface area contributed by atoms with Crippen molar-refractivity contribution in [3.63, 3.8) is 0 Å². The van der Waals surface area contributed by atoms with Gasteiger partial charge in [0, 0.05) is 24.4 Å². The zero-order chi connectivity index (χ0) is 13.7. The lowest BCUT2D eigenvalue weighted by Gasteiger charge is -2.10. The molecule has 1 aromatic carbocycles. The molecule has 0 saturated carbocycles. The third-order valence-electron chi connectivity index (χ3n) is 2.75. The Morgan fingerprint density at radius 3 is 2.89 bits per heavy atom. The molecule has 4 nitrogen and oxygen atoms in total. The highest BCUT2D eigenvalue weighted by molar-refractivity contribution is 6.13. The molecule has 0 radical (unpaired) electrons. The van der Waals surface area contributed by atoms with Gasteiger partial charge in [0.2, 0.25) is 0 Å². The normalized spacial score (nSPS) is 10.0. The maximum atomic E-state index is 8.31. The molecule has 0 atom stereocenters. The smallest absolute Gasteiger partial charge is 0.135 e. The predicted molar refractivity (Wildman–Crippen MR) is 77.3 cm³/mol. The zero-order valence-electron chi connectivity index (χ0n) is 11.1. The van der Waals surface area contributed by atoms with Gasteiger partial charge in [0.05, 0.1) is 12.3 Å². The van der Waals surface area contributed by atoms with Crippen LogP contribution in [-0.2, 0) is 0 Å². The van der Waals surface area contributed by atoms with Gasteiger partial charge in [0.15, 0.2) is 0 Å². The molecule has 0 aliphatic rings. The molecule has 0 unspecified atom stereocenters. The lowest BCUT2D eigenvalue weighted by Crippen LogP contribution is -2.07. The molecule has 0 fully saturated rings. The van der Waals surface area contributed by atoms with Crippen molar-refractivity contribution in [2.45, 2.75) is 6.92 Å². The minimum Gasteiger partial charge on any atom is -0.494 e. The molecule has 0 aliphatic carbocycles. The first-order chi connectivity index (χ1) is 9.26. The number of rotatable bonds is 5. The Hall–Kier alpha value is -2.36. The van der Waals surface area contributed by atoms with Crippen LogP contribution in [0.3, 0.4) is 0 Å². The van der Waals surface area contributed by atoms with Crippen LogP contribution in [-0.4, -0.2) is 24.4 Å². The summed E-state index contributed by atoms with van der Waals surface area (Å²) in [5.74, 6) is 1.48. The number of ether oxygens (including phenoxy) is 1. The molecule has 2 aromatic rings. The summed E-state index contributed by atoms with van der Waals surface area (Å²) in [7, 11) is 1.80. The van der Waals surface area contributed by atoms with Crippen LogP contribution in [0.2, 0.25) is 0 Å². The third kappa shape index (κ3) is 2.91. The Bertz CT molecular complexity index is 581. The molecule has 2 rings (SSSR count). The molecular weight excluding hydrogens is 238 g/mol. The second-order valence-corrected chi connectivity index (χ2v) is 3.99. The van der Waals surface area contributed by atoms with E-state index in [-0.39, 0.29) is 0 Å². The summed E-state index contributed by atoms with van der Waals surface area (Å²) in [6, 6.07) is 11.3. The predicted octanol–water partition coefficient (Wildman–Crippen LogP) is 2.94. The summed E-state index contributed by atoms with van der Waals surface area (Å²) in [5, 5.41) is 11.3. The Morgan fingerprint density at radius 2 is 2.16 bits per heavy atom. The van der Waals surface area contributed by atoms with Crippen LogP contribution in [0.4, 0.5) is 5.82 Å². The average molecular weight is 255 g/mol. The van der Waals surface area contributed by atoms with Crippen molar-refractivity contribution in [3.05, 3.63) is 53.7 Å². The van der Waals surface area contributed by atoms with E-state index in [9.17, 15) is 0 Å². The molecule has 1 heterocycles. The summed E-state index contributed by atoms with van der Waals surface area (Å²) < 4.78 is 5.46. The molecule has 4 heteroatoms. The standard InChI is InChI=1S/C15H17N3O/c1-3-19-12-7-4-6-11(10-12)14(16)13-8-5-9-18-15(13)17-2/h4-10,16H,3H2,1-2H3,(H,17,18). The largest absolute Gasteiger partial charge is 0.494 e. The Labute approximate surface area is 113 Å². The van der Waals surface area contributed by atoms with Crippen LogP contribution in [0.25, 0.3) is 0 Å². The van der Waals surface area contributed by atoms with Gasteiger partial charge in [-0.05, 0) is 31.2 Å². The first-order valence-electron chi connectivity index (χ1n) is 6.21. The number of nitrogens with zero attached hydrogens (tertiary/aromatic N) is 1. The van der Waals surface area contributed by atoms with Gasteiger partial charge in [0.25, 0.3) is 0 Å². The quantitative estimate of drug-likeness (QED) is 0.808. The summed E-state index contributed by atoms with van der Waals surface area (Å²) >= 11 is 0. The highest BCUT2D eigenvalue weighted by Crippen LogP contribution is 2.19. The van der Waals surface area contributed by atoms with Gasteiger partial charge in [-0.25, -0.2) is 4.98 Å².